The molecule has 0 aliphatic carbocycles. The van der Waals surface area contributed by atoms with E-state index in [0.717, 1.165) is 10.4 Å². The van der Waals surface area contributed by atoms with Crippen molar-refractivity contribution < 1.29 is 4.39 Å². The third kappa shape index (κ3) is 2.21. The second kappa shape index (κ2) is 4.33. The van der Waals surface area contributed by atoms with Crippen molar-refractivity contribution in [2.75, 3.05) is 0 Å². The van der Waals surface area contributed by atoms with E-state index in [9.17, 15) is 4.39 Å². The van der Waals surface area contributed by atoms with Gasteiger partial charge in [-0.05, 0) is 41.6 Å². The predicted molar refractivity (Wildman–Crippen MR) is 63.2 cm³/mol. The summed E-state index contributed by atoms with van der Waals surface area (Å²) in [4.78, 5) is 1.13. The fourth-order valence-electron chi connectivity index (χ4n) is 1.43. The highest BCUT2D eigenvalue weighted by Gasteiger charge is 2.14. The average Bonchev–Trinajstić information content (AvgIpc) is 2.65. The Bertz CT molecular complexity index is 447. The number of thiophene rings is 1. The number of rotatable bonds is 2. The summed E-state index contributed by atoms with van der Waals surface area (Å²) in [6.45, 7) is 2.03. The van der Waals surface area contributed by atoms with E-state index in [1.807, 2.05) is 18.4 Å². The van der Waals surface area contributed by atoms with Gasteiger partial charge in [0.2, 0.25) is 0 Å². The molecule has 15 heavy (non-hydrogen) atoms. The summed E-state index contributed by atoms with van der Waals surface area (Å²) in [6, 6.07) is 8.37. The fourth-order valence-corrected chi connectivity index (χ4v) is 2.83. The second-order valence-electron chi connectivity index (χ2n) is 3.38. The van der Waals surface area contributed by atoms with Gasteiger partial charge in [0.25, 0.3) is 0 Å². The van der Waals surface area contributed by atoms with E-state index in [0.29, 0.717) is 0 Å². The maximum Gasteiger partial charge on any atom is 0.123 e. The Balaban J connectivity index is 2.32. The molecule has 0 aliphatic heterocycles. The summed E-state index contributed by atoms with van der Waals surface area (Å²) in [6.07, 6.45) is 0. The van der Waals surface area contributed by atoms with Gasteiger partial charge in [-0.2, -0.15) is 0 Å². The van der Waals surface area contributed by atoms with Gasteiger partial charge < -0.3 is 0 Å². The van der Waals surface area contributed by atoms with Crippen LogP contribution in [0.4, 0.5) is 4.39 Å². The van der Waals surface area contributed by atoms with Crippen molar-refractivity contribution >= 4 is 22.9 Å². The van der Waals surface area contributed by atoms with Crippen LogP contribution in [0.5, 0.6) is 0 Å². The highest BCUT2D eigenvalue weighted by molar-refractivity contribution is 7.10. The van der Waals surface area contributed by atoms with Gasteiger partial charge in [-0.15, -0.1) is 22.9 Å². The molecule has 78 valence electrons. The normalized spacial score (nSPS) is 12.7. The quantitative estimate of drug-likeness (QED) is 0.677. The zero-order chi connectivity index (χ0) is 10.8. The number of alkyl halides is 1. The number of aryl methyl sites for hydroxylation is 1. The highest BCUT2D eigenvalue weighted by Crippen LogP contribution is 2.34. The zero-order valence-electron chi connectivity index (χ0n) is 8.21. The standard InChI is InChI=1S/C12H10ClFS/c1-8-6-7-15-12(8)11(13)9-2-4-10(14)5-3-9/h2-7,11H,1H3. The molecule has 0 saturated heterocycles. The van der Waals surface area contributed by atoms with E-state index in [1.165, 1.54) is 17.7 Å². The van der Waals surface area contributed by atoms with Crippen molar-refractivity contribution in [1.82, 2.24) is 0 Å². The summed E-state index contributed by atoms with van der Waals surface area (Å²) < 4.78 is 12.7. The Morgan fingerprint density at radius 2 is 1.87 bits per heavy atom. The van der Waals surface area contributed by atoms with Gasteiger partial charge in [0.15, 0.2) is 0 Å². The monoisotopic (exact) mass is 240 g/mol. The summed E-state index contributed by atoms with van der Waals surface area (Å²) in [5.41, 5.74) is 2.12. The smallest absolute Gasteiger partial charge is 0.123 e. The molecule has 0 radical (unpaired) electrons. The van der Waals surface area contributed by atoms with Crippen LogP contribution in [-0.4, -0.2) is 0 Å². The van der Waals surface area contributed by atoms with E-state index in [1.54, 1.807) is 23.5 Å². The lowest BCUT2D eigenvalue weighted by Crippen LogP contribution is -1.92. The van der Waals surface area contributed by atoms with Crippen LogP contribution in [0.15, 0.2) is 35.7 Å². The molecular weight excluding hydrogens is 231 g/mol. The van der Waals surface area contributed by atoms with E-state index >= 15 is 0 Å². The highest BCUT2D eigenvalue weighted by atomic mass is 35.5. The van der Waals surface area contributed by atoms with Crippen molar-refractivity contribution in [3.8, 4) is 0 Å². The summed E-state index contributed by atoms with van der Waals surface area (Å²) in [5, 5.41) is 1.84. The average molecular weight is 241 g/mol. The van der Waals surface area contributed by atoms with Gasteiger partial charge in [0, 0.05) is 4.88 Å². The molecule has 2 rings (SSSR count). The van der Waals surface area contributed by atoms with E-state index < -0.39 is 0 Å². The third-order valence-corrected chi connectivity index (χ3v) is 3.98. The Labute approximate surface area is 97.3 Å². The molecule has 1 aromatic carbocycles. The predicted octanol–water partition coefficient (Wildman–Crippen LogP) is 4.52. The molecule has 1 atom stereocenters. The van der Waals surface area contributed by atoms with Crippen LogP contribution < -0.4 is 0 Å². The van der Waals surface area contributed by atoms with Crippen LogP contribution >= 0.6 is 22.9 Å². The Kier molecular flexibility index (Phi) is 3.08. The molecule has 1 aromatic heterocycles. The van der Waals surface area contributed by atoms with Crippen molar-refractivity contribution in [2.45, 2.75) is 12.3 Å². The summed E-state index contributed by atoms with van der Waals surface area (Å²) >= 11 is 7.95. The first kappa shape index (κ1) is 10.7. The van der Waals surface area contributed by atoms with Gasteiger partial charge in [-0.3, -0.25) is 0 Å². The van der Waals surface area contributed by atoms with Gasteiger partial charge >= 0.3 is 0 Å². The number of hydrogen-bond acceptors (Lipinski definition) is 1. The van der Waals surface area contributed by atoms with Crippen molar-refractivity contribution in [3.05, 3.63) is 57.5 Å². The lowest BCUT2D eigenvalue weighted by molar-refractivity contribution is 0.627. The molecule has 0 N–H and O–H groups in total. The largest absolute Gasteiger partial charge is 0.207 e. The number of halogens is 2. The molecule has 0 aliphatic rings. The molecule has 1 heterocycles. The van der Waals surface area contributed by atoms with Crippen LogP contribution in [0, 0.1) is 12.7 Å². The second-order valence-corrected chi connectivity index (χ2v) is 4.77. The van der Waals surface area contributed by atoms with E-state index in [-0.39, 0.29) is 11.2 Å². The third-order valence-electron chi connectivity index (χ3n) is 2.29. The molecule has 2 aromatic rings. The lowest BCUT2D eigenvalue weighted by atomic mass is 10.1. The molecule has 1 unspecified atom stereocenters. The van der Waals surface area contributed by atoms with Crippen LogP contribution in [0.25, 0.3) is 0 Å². The maximum atomic E-state index is 12.7. The van der Waals surface area contributed by atoms with Gasteiger partial charge in [0.05, 0.1) is 5.38 Å². The minimum absolute atomic E-state index is 0.175. The van der Waals surface area contributed by atoms with E-state index in [4.69, 9.17) is 11.6 Å². The Hall–Kier alpha value is -0.860. The SMILES string of the molecule is Cc1ccsc1C(Cl)c1ccc(F)cc1. The maximum absolute atomic E-state index is 12.7. The van der Waals surface area contributed by atoms with Crippen LogP contribution in [0.2, 0.25) is 0 Å². The van der Waals surface area contributed by atoms with E-state index in [2.05, 4.69) is 0 Å². The van der Waals surface area contributed by atoms with Crippen LogP contribution in [-0.2, 0) is 0 Å². The molecule has 0 bridgehead atoms. The molecule has 0 saturated carbocycles. The first-order valence-electron chi connectivity index (χ1n) is 4.62. The molecule has 0 fully saturated rings. The molecule has 3 heteroatoms. The first-order chi connectivity index (χ1) is 7.18. The number of benzene rings is 1. The minimum atomic E-state index is -0.231. The van der Waals surface area contributed by atoms with Crippen LogP contribution in [0.3, 0.4) is 0 Å². The Morgan fingerprint density at radius 3 is 2.40 bits per heavy atom. The van der Waals surface area contributed by atoms with Gasteiger partial charge in [0.1, 0.15) is 5.82 Å². The van der Waals surface area contributed by atoms with Gasteiger partial charge in [-0.1, -0.05) is 12.1 Å². The summed E-state index contributed by atoms with van der Waals surface area (Å²) in [5.74, 6) is -0.231. The summed E-state index contributed by atoms with van der Waals surface area (Å²) in [7, 11) is 0. The molecule has 0 spiro atoms. The zero-order valence-corrected chi connectivity index (χ0v) is 9.78. The molecule has 0 amide bonds. The minimum Gasteiger partial charge on any atom is -0.207 e. The Morgan fingerprint density at radius 1 is 1.20 bits per heavy atom. The topological polar surface area (TPSA) is 0 Å². The first-order valence-corrected chi connectivity index (χ1v) is 5.93. The molecule has 0 nitrogen and oxygen atoms in total. The van der Waals surface area contributed by atoms with Crippen LogP contribution in [0.1, 0.15) is 21.4 Å². The van der Waals surface area contributed by atoms with Crippen molar-refractivity contribution in [1.29, 1.82) is 0 Å². The van der Waals surface area contributed by atoms with Crippen molar-refractivity contribution in [3.63, 3.8) is 0 Å². The molecular formula is C12H10ClFS. The number of hydrogen-bond donors (Lipinski definition) is 0. The van der Waals surface area contributed by atoms with Crippen molar-refractivity contribution in [2.24, 2.45) is 0 Å². The fraction of sp³-hybridized carbons (Fsp3) is 0.167. The van der Waals surface area contributed by atoms with Gasteiger partial charge in [-0.25, -0.2) is 4.39 Å². The lowest BCUT2D eigenvalue weighted by Gasteiger charge is -2.08.